The number of aromatic nitrogens is 4. The van der Waals surface area contributed by atoms with Crippen molar-refractivity contribution in [2.75, 3.05) is 0 Å². The highest BCUT2D eigenvalue weighted by Gasteiger charge is 2.36. The van der Waals surface area contributed by atoms with Crippen molar-refractivity contribution in [3.05, 3.63) is 52.0 Å². The summed E-state index contributed by atoms with van der Waals surface area (Å²) in [4.78, 5) is 21.1. The Bertz CT molecular complexity index is 1170. The van der Waals surface area contributed by atoms with Crippen LogP contribution in [0.1, 0.15) is 51.3 Å². The Kier molecular flexibility index (Phi) is 5.47. The van der Waals surface area contributed by atoms with Gasteiger partial charge in [-0.1, -0.05) is 0 Å². The number of nitrogens with zero attached hydrogens (tertiary/aromatic N) is 4. The summed E-state index contributed by atoms with van der Waals surface area (Å²) >= 11 is 1.14. The molecular formula is C19H15F6N5OS. The summed E-state index contributed by atoms with van der Waals surface area (Å²) in [5, 5.41) is 6.39. The van der Waals surface area contributed by atoms with Crippen LogP contribution in [0, 0.1) is 0 Å². The average Bonchev–Trinajstić information content (AvgIpc) is 3.32. The molecule has 3 aromatic rings. The van der Waals surface area contributed by atoms with Gasteiger partial charge in [-0.15, -0.1) is 11.3 Å². The van der Waals surface area contributed by atoms with E-state index in [4.69, 9.17) is 0 Å². The minimum atomic E-state index is -4.68. The van der Waals surface area contributed by atoms with Gasteiger partial charge in [0.05, 0.1) is 16.6 Å². The van der Waals surface area contributed by atoms with Crippen LogP contribution < -0.4 is 5.32 Å². The Labute approximate surface area is 181 Å². The number of alkyl halides is 6. The van der Waals surface area contributed by atoms with Gasteiger partial charge in [-0.3, -0.25) is 14.5 Å². The molecular weight excluding hydrogens is 460 g/mol. The molecule has 1 atom stereocenters. The minimum absolute atomic E-state index is 0.248. The fourth-order valence-electron chi connectivity index (χ4n) is 3.45. The number of fused-ring (bicyclic) bond motifs is 1. The van der Waals surface area contributed by atoms with Gasteiger partial charge in [0.25, 0.3) is 5.91 Å². The SMILES string of the molecule is Cn1nc(C(F)(F)F)cc1C(=O)NC1CCCc2nc(-c3ccnc(C(F)(F)F)c3)sc21. The number of halogens is 6. The molecule has 1 aliphatic rings. The van der Waals surface area contributed by atoms with Crippen molar-refractivity contribution in [3.63, 3.8) is 0 Å². The van der Waals surface area contributed by atoms with Crippen LogP contribution in [0.4, 0.5) is 26.3 Å². The fraction of sp³-hybridized carbons (Fsp3) is 0.368. The molecule has 0 saturated heterocycles. The van der Waals surface area contributed by atoms with Gasteiger partial charge in [-0.2, -0.15) is 31.4 Å². The molecule has 32 heavy (non-hydrogen) atoms. The Balaban J connectivity index is 1.60. The number of carbonyl (C=O) groups excluding carboxylic acids is 1. The van der Waals surface area contributed by atoms with Crippen LogP contribution in [0.25, 0.3) is 10.6 Å². The van der Waals surface area contributed by atoms with Crippen molar-refractivity contribution in [1.82, 2.24) is 25.1 Å². The number of hydrogen-bond donors (Lipinski definition) is 1. The molecule has 1 aliphatic carbocycles. The first-order chi connectivity index (χ1) is 14.9. The lowest BCUT2D eigenvalue weighted by atomic mass is 9.98. The maximum Gasteiger partial charge on any atom is 0.435 e. The zero-order chi connectivity index (χ0) is 23.3. The molecule has 0 aromatic carbocycles. The van der Waals surface area contributed by atoms with Crippen molar-refractivity contribution in [1.29, 1.82) is 0 Å². The number of aryl methyl sites for hydroxylation is 2. The number of amides is 1. The van der Waals surface area contributed by atoms with E-state index in [-0.39, 0.29) is 11.3 Å². The first-order valence-electron chi connectivity index (χ1n) is 9.39. The highest BCUT2D eigenvalue weighted by molar-refractivity contribution is 7.15. The van der Waals surface area contributed by atoms with Crippen LogP contribution >= 0.6 is 11.3 Å². The third-order valence-corrected chi connectivity index (χ3v) is 6.22. The largest absolute Gasteiger partial charge is 0.435 e. The van der Waals surface area contributed by atoms with Crippen molar-refractivity contribution >= 4 is 17.2 Å². The number of carbonyl (C=O) groups is 1. The summed E-state index contributed by atoms with van der Waals surface area (Å²) in [6.45, 7) is 0. The lowest BCUT2D eigenvalue weighted by Gasteiger charge is -2.22. The summed E-state index contributed by atoms with van der Waals surface area (Å²) < 4.78 is 78.4. The second kappa shape index (κ2) is 7.87. The fourth-order valence-corrected chi connectivity index (χ4v) is 4.64. The van der Waals surface area contributed by atoms with E-state index in [1.54, 1.807) is 0 Å². The van der Waals surface area contributed by atoms with Crippen LogP contribution in [0.3, 0.4) is 0 Å². The zero-order valence-electron chi connectivity index (χ0n) is 16.4. The van der Waals surface area contributed by atoms with Crippen LogP contribution in [0.5, 0.6) is 0 Å². The number of rotatable bonds is 3. The molecule has 0 saturated carbocycles. The maximum absolute atomic E-state index is 13.0. The predicted octanol–water partition coefficient (Wildman–Crippen LogP) is 4.78. The van der Waals surface area contributed by atoms with E-state index in [1.807, 2.05) is 0 Å². The second-order valence-electron chi connectivity index (χ2n) is 7.21. The van der Waals surface area contributed by atoms with E-state index in [2.05, 4.69) is 20.4 Å². The summed E-state index contributed by atoms with van der Waals surface area (Å²) in [6.07, 6.45) is -6.46. The van der Waals surface area contributed by atoms with Gasteiger partial charge in [-0.25, -0.2) is 4.98 Å². The summed E-state index contributed by atoms with van der Waals surface area (Å²) in [6, 6.07) is 2.48. The molecule has 170 valence electrons. The van der Waals surface area contributed by atoms with Crippen molar-refractivity contribution < 1.29 is 31.1 Å². The molecule has 0 fully saturated rings. The van der Waals surface area contributed by atoms with Crippen LogP contribution in [0.15, 0.2) is 24.4 Å². The van der Waals surface area contributed by atoms with E-state index in [0.29, 0.717) is 40.9 Å². The van der Waals surface area contributed by atoms with Crippen molar-refractivity contribution in [2.24, 2.45) is 7.05 Å². The quantitative estimate of drug-likeness (QED) is 0.554. The van der Waals surface area contributed by atoms with Gasteiger partial charge in [-0.05, 0) is 31.4 Å². The van der Waals surface area contributed by atoms with Gasteiger partial charge < -0.3 is 5.32 Å². The second-order valence-corrected chi connectivity index (χ2v) is 8.24. The topological polar surface area (TPSA) is 72.7 Å². The van der Waals surface area contributed by atoms with Gasteiger partial charge in [0.1, 0.15) is 16.4 Å². The van der Waals surface area contributed by atoms with Gasteiger partial charge in [0.2, 0.25) is 0 Å². The van der Waals surface area contributed by atoms with Crippen molar-refractivity contribution in [2.45, 2.75) is 37.7 Å². The monoisotopic (exact) mass is 475 g/mol. The van der Waals surface area contributed by atoms with Crippen LogP contribution in [-0.2, 0) is 25.8 Å². The summed E-state index contributed by atoms with van der Waals surface area (Å²) in [7, 11) is 1.24. The standard InChI is InChI=1S/C19H15F6N5OS/c1-30-12(8-14(29-30)19(23,24)25)16(31)27-10-3-2-4-11-15(10)32-17(28-11)9-5-6-26-13(7-9)18(20,21)22/h5-8,10H,2-4H2,1H3,(H,27,31). The van der Waals surface area contributed by atoms with Gasteiger partial charge in [0.15, 0.2) is 5.69 Å². The number of pyridine rings is 1. The third kappa shape index (κ3) is 4.33. The van der Waals surface area contributed by atoms with Crippen molar-refractivity contribution in [3.8, 4) is 10.6 Å². The summed E-state index contributed by atoms with van der Waals surface area (Å²) in [5.74, 6) is -0.730. The van der Waals surface area contributed by atoms with Gasteiger partial charge in [0, 0.05) is 24.9 Å². The highest BCUT2D eigenvalue weighted by Crippen LogP contribution is 2.39. The van der Waals surface area contributed by atoms with Crippen LogP contribution in [0.2, 0.25) is 0 Å². The van der Waals surface area contributed by atoms with Gasteiger partial charge >= 0.3 is 12.4 Å². The molecule has 4 rings (SSSR count). The van der Waals surface area contributed by atoms with Crippen LogP contribution in [-0.4, -0.2) is 25.7 Å². The molecule has 0 bridgehead atoms. The minimum Gasteiger partial charge on any atom is -0.343 e. The first-order valence-corrected chi connectivity index (χ1v) is 10.2. The maximum atomic E-state index is 13.0. The molecule has 1 unspecified atom stereocenters. The molecule has 6 nitrogen and oxygen atoms in total. The van der Waals surface area contributed by atoms with E-state index in [0.717, 1.165) is 28.3 Å². The number of thiazole rings is 1. The lowest BCUT2D eigenvalue weighted by Crippen LogP contribution is -2.31. The predicted molar refractivity (Wildman–Crippen MR) is 102 cm³/mol. The number of nitrogens with one attached hydrogen (secondary N) is 1. The molecule has 1 amide bonds. The smallest absolute Gasteiger partial charge is 0.343 e. The average molecular weight is 475 g/mol. The molecule has 0 spiro atoms. The molecule has 3 aromatic heterocycles. The molecule has 3 heterocycles. The van der Waals surface area contributed by atoms with E-state index >= 15 is 0 Å². The Morgan fingerprint density at radius 3 is 2.53 bits per heavy atom. The number of hydrogen-bond acceptors (Lipinski definition) is 5. The molecule has 0 aliphatic heterocycles. The van der Waals surface area contributed by atoms with E-state index in [1.165, 1.54) is 13.1 Å². The Hall–Kier alpha value is -2.96. The van der Waals surface area contributed by atoms with E-state index in [9.17, 15) is 31.1 Å². The van der Waals surface area contributed by atoms with E-state index < -0.39 is 35.7 Å². The first kappa shape index (κ1) is 22.2. The molecule has 0 radical (unpaired) electrons. The molecule has 13 heteroatoms. The Morgan fingerprint density at radius 2 is 1.88 bits per heavy atom. The normalized spacial score (nSPS) is 16.7. The lowest BCUT2D eigenvalue weighted by molar-refractivity contribution is -0.142. The third-order valence-electron chi connectivity index (χ3n) is 4.96. The molecule has 1 N–H and O–H groups in total. The summed E-state index contributed by atoms with van der Waals surface area (Å²) in [5.41, 5.74) is -1.57. The highest BCUT2D eigenvalue weighted by atomic mass is 32.1. The Morgan fingerprint density at radius 1 is 1.16 bits per heavy atom. The zero-order valence-corrected chi connectivity index (χ0v) is 17.2.